The lowest BCUT2D eigenvalue weighted by molar-refractivity contribution is -0.121. The Morgan fingerprint density at radius 1 is 1.07 bits per heavy atom. The number of amides is 2. The van der Waals surface area contributed by atoms with Gasteiger partial charge in [0, 0.05) is 25.6 Å². The zero-order valence-corrected chi connectivity index (χ0v) is 16.5. The zero-order valence-electron chi connectivity index (χ0n) is 16.5. The standard InChI is InChI=1S/C23H26N2O4/c1-3-15-29-20-11-9-18(16-21(20)28-2)10-12-22(26)24-14-13-23(27)25-17-19-7-5-4-6-8-19/h3-12,16H,1,13-15,17H2,2H3,(H,24,26)(H,25,27)/b12-10+. The van der Waals surface area contributed by atoms with Crippen LogP contribution in [0, 0.1) is 0 Å². The Balaban J connectivity index is 1.74. The number of ether oxygens (including phenoxy) is 2. The minimum atomic E-state index is -0.271. The van der Waals surface area contributed by atoms with Crippen molar-refractivity contribution in [3.63, 3.8) is 0 Å². The molecule has 0 unspecified atom stereocenters. The summed E-state index contributed by atoms with van der Waals surface area (Å²) in [5, 5.41) is 5.52. The molecule has 0 aliphatic rings. The Kier molecular flexibility index (Phi) is 9.02. The highest BCUT2D eigenvalue weighted by Crippen LogP contribution is 2.28. The van der Waals surface area contributed by atoms with Crippen molar-refractivity contribution in [1.29, 1.82) is 0 Å². The van der Waals surface area contributed by atoms with Crippen molar-refractivity contribution in [2.24, 2.45) is 0 Å². The van der Waals surface area contributed by atoms with Crippen LogP contribution >= 0.6 is 0 Å². The lowest BCUT2D eigenvalue weighted by Gasteiger charge is -2.09. The number of rotatable bonds is 11. The predicted molar refractivity (Wildman–Crippen MR) is 114 cm³/mol. The quantitative estimate of drug-likeness (QED) is 0.454. The topological polar surface area (TPSA) is 76.7 Å². The number of methoxy groups -OCH3 is 1. The van der Waals surface area contributed by atoms with Gasteiger partial charge in [-0.05, 0) is 29.3 Å². The van der Waals surface area contributed by atoms with Crippen LogP contribution in [0.4, 0.5) is 0 Å². The molecule has 152 valence electrons. The molecular formula is C23H26N2O4. The molecule has 2 amide bonds. The summed E-state index contributed by atoms with van der Waals surface area (Å²) in [5.74, 6) is 0.796. The van der Waals surface area contributed by atoms with Crippen molar-refractivity contribution in [1.82, 2.24) is 10.6 Å². The molecule has 0 saturated heterocycles. The second-order valence-corrected chi connectivity index (χ2v) is 6.15. The zero-order chi connectivity index (χ0) is 20.9. The molecule has 0 bridgehead atoms. The second kappa shape index (κ2) is 12.0. The van der Waals surface area contributed by atoms with Crippen LogP contribution in [0.25, 0.3) is 6.08 Å². The maximum absolute atomic E-state index is 11.9. The molecule has 2 aromatic rings. The fourth-order valence-electron chi connectivity index (χ4n) is 2.47. The molecule has 0 aliphatic heterocycles. The Labute approximate surface area is 171 Å². The van der Waals surface area contributed by atoms with Gasteiger partial charge in [0.15, 0.2) is 11.5 Å². The van der Waals surface area contributed by atoms with Gasteiger partial charge in [-0.25, -0.2) is 0 Å². The maximum atomic E-state index is 11.9. The van der Waals surface area contributed by atoms with Crippen LogP contribution in [0.2, 0.25) is 0 Å². The number of hydrogen-bond acceptors (Lipinski definition) is 4. The Morgan fingerprint density at radius 2 is 1.86 bits per heavy atom. The van der Waals surface area contributed by atoms with E-state index in [1.54, 1.807) is 31.4 Å². The van der Waals surface area contributed by atoms with Crippen molar-refractivity contribution < 1.29 is 19.1 Å². The minimum absolute atomic E-state index is 0.113. The summed E-state index contributed by atoms with van der Waals surface area (Å²) >= 11 is 0. The van der Waals surface area contributed by atoms with Crippen LogP contribution in [0.5, 0.6) is 11.5 Å². The van der Waals surface area contributed by atoms with Crippen LogP contribution in [0.15, 0.2) is 67.3 Å². The van der Waals surface area contributed by atoms with E-state index in [4.69, 9.17) is 9.47 Å². The summed E-state index contributed by atoms with van der Waals surface area (Å²) in [6, 6.07) is 15.0. The van der Waals surface area contributed by atoms with Crippen molar-refractivity contribution in [2.75, 3.05) is 20.3 Å². The molecule has 0 aliphatic carbocycles. The Bertz CT molecular complexity index is 847. The number of carbonyl (C=O) groups is 2. The summed E-state index contributed by atoms with van der Waals surface area (Å²) in [4.78, 5) is 23.8. The first-order valence-electron chi connectivity index (χ1n) is 9.30. The first-order valence-corrected chi connectivity index (χ1v) is 9.30. The van der Waals surface area contributed by atoms with E-state index in [-0.39, 0.29) is 24.8 Å². The number of carbonyl (C=O) groups excluding carboxylic acids is 2. The molecule has 2 aromatic carbocycles. The fourth-order valence-corrected chi connectivity index (χ4v) is 2.47. The number of hydrogen-bond donors (Lipinski definition) is 2. The first kappa shape index (κ1) is 21.8. The summed E-state index contributed by atoms with van der Waals surface area (Å²) in [5.41, 5.74) is 1.83. The van der Waals surface area contributed by atoms with E-state index in [0.717, 1.165) is 11.1 Å². The third kappa shape index (κ3) is 7.92. The lowest BCUT2D eigenvalue weighted by atomic mass is 10.2. The molecule has 0 radical (unpaired) electrons. The van der Waals surface area contributed by atoms with Crippen LogP contribution in [0.3, 0.4) is 0 Å². The van der Waals surface area contributed by atoms with E-state index in [9.17, 15) is 9.59 Å². The third-order valence-corrected chi connectivity index (χ3v) is 3.96. The van der Waals surface area contributed by atoms with Crippen molar-refractivity contribution >= 4 is 17.9 Å². The van der Waals surface area contributed by atoms with Gasteiger partial charge in [-0.3, -0.25) is 9.59 Å². The SMILES string of the molecule is C=CCOc1ccc(/C=C/C(=O)NCCC(=O)NCc2ccccc2)cc1OC. The molecule has 2 N–H and O–H groups in total. The van der Waals surface area contributed by atoms with Gasteiger partial charge >= 0.3 is 0 Å². The Morgan fingerprint density at radius 3 is 2.59 bits per heavy atom. The highest BCUT2D eigenvalue weighted by atomic mass is 16.5. The average Bonchev–Trinajstić information content (AvgIpc) is 2.75. The van der Waals surface area contributed by atoms with Gasteiger partial charge in [-0.2, -0.15) is 0 Å². The number of benzene rings is 2. The molecule has 6 heteroatoms. The van der Waals surface area contributed by atoms with E-state index < -0.39 is 0 Å². The Hall–Kier alpha value is -3.54. The van der Waals surface area contributed by atoms with Gasteiger partial charge in [0.25, 0.3) is 0 Å². The minimum Gasteiger partial charge on any atom is -0.493 e. The van der Waals surface area contributed by atoms with E-state index in [1.807, 2.05) is 36.4 Å². The van der Waals surface area contributed by atoms with Crippen LogP contribution in [-0.4, -0.2) is 32.1 Å². The summed E-state index contributed by atoms with van der Waals surface area (Å²) in [6.45, 7) is 4.73. The molecular weight excluding hydrogens is 368 g/mol. The molecule has 0 saturated carbocycles. The average molecular weight is 394 g/mol. The summed E-state index contributed by atoms with van der Waals surface area (Å²) in [7, 11) is 1.55. The monoisotopic (exact) mass is 394 g/mol. The highest BCUT2D eigenvalue weighted by molar-refractivity contribution is 5.92. The van der Waals surface area contributed by atoms with Gasteiger partial charge in [0.05, 0.1) is 7.11 Å². The van der Waals surface area contributed by atoms with Crippen LogP contribution in [0.1, 0.15) is 17.5 Å². The molecule has 0 aromatic heterocycles. The van der Waals surface area contributed by atoms with Gasteiger partial charge in [-0.15, -0.1) is 0 Å². The largest absolute Gasteiger partial charge is 0.493 e. The van der Waals surface area contributed by atoms with E-state index >= 15 is 0 Å². The molecule has 0 heterocycles. The van der Waals surface area contributed by atoms with Crippen LogP contribution < -0.4 is 20.1 Å². The van der Waals surface area contributed by atoms with Gasteiger partial charge in [-0.1, -0.05) is 49.1 Å². The molecule has 2 rings (SSSR count). The predicted octanol–water partition coefficient (Wildman–Crippen LogP) is 3.10. The highest BCUT2D eigenvalue weighted by Gasteiger charge is 2.05. The third-order valence-electron chi connectivity index (χ3n) is 3.96. The van der Waals surface area contributed by atoms with Crippen molar-refractivity contribution in [3.05, 3.63) is 78.4 Å². The first-order chi connectivity index (χ1) is 14.1. The second-order valence-electron chi connectivity index (χ2n) is 6.15. The smallest absolute Gasteiger partial charge is 0.244 e. The van der Waals surface area contributed by atoms with E-state index in [2.05, 4.69) is 17.2 Å². The van der Waals surface area contributed by atoms with E-state index in [1.165, 1.54) is 6.08 Å². The van der Waals surface area contributed by atoms with Crippen LogP contribution in [-0.2, 0) is 16.1 Å². The van der Waals surface area contributed by atoms with Crippen molar-refractivity contribution in [2.45, 2.75) is 13.0 Å². The number of nitrogens with one attached hydrogen (secondary N) is 2. The van der Waals surface area contributed by atoms with Crippen molar-refractivity contribution in [3.8, 4) is 11.5 Å². The molecule has 0 spiro atoms. The molecule has 6 nitrogen and oxygen atoms in total. The van der Waals surface area contributed by atoms with Gasteiger partial charge in [0.2, 0.25) is 11.8 Å². The summed E-state index contributed by atoms with van der Waals surface area (Å²) < 4.78 is 10.8. The summed E-state index contributed by atoms with van der Waals surface area (Å²) in [6.07, 6.45) is 4.96. The molecule has 0 fully saturated rings. The lowest BCUT2D eigenvalue weighted by Crippen LogP contribution is -2.29. The fraction of sp³-hybridized carbons (Fsp3) is 0.217. The maximum Gasteiger partial charge on any atom is 0.244 e. The molecule has 0 atom stereocenters. The van der Waals surface area contributed by atoms with Gasteiger partial charge < -0.3 is 20.1 Å². The van der Waals surface area contributed by atoms with E-state index in [0.29, 0.717) is 24.7 Å². The molecule has 29 heavy (non-hydrogen) atoms. The normalized spacial score (nSPS) is 10.4. The van der Waals surface area contributed by atoms with Gasteiger partial charge in [0.1, 0.15) is 6.61 Å².